The summed E-state index contributed by atoms with van der Waals surface area (Å²) in [5, 5.41) is 1.78. The molecule has 2 aromatic heterocycles. The van der Waals surface area contributed by atoms with E-state index >= 15 is 0 Å². The number of thiophene rings is 1. The predicted octanol–water partition coefficient (Wildman–Crippen LogP) is 5.26. The number of halogens is 1. The van der Waals surface area contributed by atoms with Crippen molar-refractivity contribution in [2.24, 2.45) is 5.92 Å². The average Bonchev–Trinajstić information content (AvgIpc) is 2.88. The molecule has 1 aliphatic carbocycles. The normalized spacial score (nSPS) is 17.5. The standard InChI is InChI=1S/C17H15ClN2OS/c1-10-2-7-13-14(8-10)22-17-15(13)16(19-9-20-17)21-12-5-3-11(18)4-6-12/h3-6,9-10H,2,7-8H2,1H3/t10-/m1/s1. The van der Waals surface area contributed by atoms with Gasteiger partial charge in [0.1, 0.15) is 16.9 Å². The average molecular weight is 331 g/mol. The zero-order valence-corrected chi connectivity index (χ0v) is 13.7. The van der Waals surface area contributed by atoms with Gasteiger partial charge in [0, 0.05) is 9.90 Å². The molecule has 0 bridgehead atoms. The van der Waals surface area contributed by atoms with E-state index in [2.05, 4.69) is 16.9 Å². The number of aromatic nitrogens is 2. The number of hydrogen-bond acceptors (Lipinski definition) is 4. The summed E-state index contributed by atoms with van der Waals surface area (Å²) in [4.78, 5) is 11.3. The summed E-state index contributed by atoms with van der Waals surface area (Å²) in [5.74, 6) is 2.14. The molecule has 0 aliphatic heterocycles. The van der Waals surface area contributed by atoms with Crippen LogP contribution in [-0.2, 0) is 12.8 Å². The lowest BCUT2D eigenvalue weighted by Gasteiger charge is -2.18. The molecule has 0 N–H and O–H groups in total. The molecular formula is C17H15ClN2OS. The van der Waals surface area contributed by atoms with Crippen LogP contribution in [0.25, 0.3) is 10.2 Å². The van der Waals surface area contributed by atoms with Crippen LogP contribution in [0.2, 0.25) is 5.02 Å². The fraction of sp³-hybridized carbons (Fsp3) is 0.294. The highest BCUT2D eigenvalue weighted by molar-refractivity contribution is 7.18. The van der Waals surface area contributed by atoms with Crippen LogP contribution in [0.5, 0.6) is 11.6 Å². The maximum absolute atomic E-state index is 5.99. The van der Waals surface area contributed by atoms with Gasteiger partial charge >= 0.3 is 0 Å². The number of fused-ring (bicyclic) bond motifs is 3. The molecule has 0 radical (unpaired) electrons. The Morgan fingerprint density at radius 3 is 2.86 bits per heavy atom. The van der Waals surface area contributed by atoms with Crippen molar-refractivity contribution in [1.82, 2.24) is 9.97 Å². The molecule has 1 atom stereocenters. The molecule has 0 amide bonds. The van der Waals surface area contributed by atoms with E-state index < -0.39 is 0 Å². The molecule has 2 heterocycles. The van der Waals surface area contributed by atoms with Crippen LogP contribution in [-0.4, -0.2) is 9.97 Å². The summed E-state index contributed by atoms with van der Waals surface area (Å²) in [6, 6.07) is 7.36. The van der Waals surface area contributed by atoms with Gasteiger partial charge in [0.25, 0.3) is 0 Å². The lowest BCUT2D eigenvalue weighted by Crippen LogP contribution is -2.08. The largest absolute Gasteiger partial charge is 0.438 e. The highest BCUT2D eigenvalue weighted by Gasteiger charge is 2.23. The Labute approximate surface area is 137 Å². The zero-order valence-electron chi connectivity index (χ0n) is 12.2. The van der Waals surface area contributed by atoms with Gasteiger partial charge in [-0.3, -0.25) is 0 Å². The molecule has 1 aliphatic rings. The fourth-order valence-electron chi connectivity index (χ4n) is 2.94. The molecule has 0 spiro atoms. The summed E-state index contributed by atoms with van der Waals surface area (Å²) >= 11 is 7.70. The SMILES string of the molecule is C[C@@H]1CCc2c(sc3ncnc(Oc4ccc(Cl)cc4)c23)C1. The van der Waals surface area contributed by atoms with Gasteiger partial charge in [0.15, 0.2) is 0 Å². The smallest absolute Gasteiger partial charge is 0.231 e. The van der Waals surface area contributed by atoms with E-state index in [1.54, 1.807) is 17.7 Å². The Morgan fingerprint density at radius 1 is 1.23 bits per heavy atom. The number of hydrogen-bond donors (Lipinski definition) is 0. The third-order valence-electron chi connectivity index (χ3n) is 4.09. The lowest BCUT2D eigenvalue weighted by molar-refractivity contribution is 0.466. The molecular weight excluding hydrogens is 316 g/mol. The van der Waals surface area contributed by atoms with Crippen molar-refractivity contribution < 1.29 is 4.74 Å². The summed E-state index contributed by atoms with van der Waals surface area (Å²) in [7, 11) is 0. The van der Waals surface area contributed by atoms with Gasteiger partial charge < -0.3 is 4.74 Å². The van der Waals surface area contributed by atoms with E-state index in [1.165, 1.54) is 16.9 Å². The molecule has 4 rings (SSSR count). The monoisotopic (exact) mass is 330 g/mol. The number of nitrogens with zero attached hydrogens (tertiary/aromatic N) is 2. The third-order valence-corrected chi connectivity index (χ3v) is 5.50. The van der Waals surface area contributed by atoms with E-state index in [4.69, 9.17) is 16.3 Å². The second-order valence-electron chi connectivity index (χ2n) is 5.77. The van der Waals surface area contributed by atoms with E-state index in [9.17, 15) is 0 Å². The van der Waals surface area contributed by atoms with Crippen LogP contribution < -0.4 is 4.74 Å². The highest BCUT2D eigenvalue weighted by Crippen LogP contribution is 2.41. The van der Waals surface area contributed by atoms with Gasteiger partial charge in [0.05, 0.1) is 5.39 Å². The van der Waals surface area contributed by atoms with Gasteiger partial charge in [-0.15, -0.1) is 11.3 Å². The minimum Gasteiger partial charge on any atom is -0.438 e. The maximum atomic E-state index is 5.99. The Bertz CT molecular complexity index is 829. The molecule has 5 heteroatoms. The topological polar surface area (TPSA) is 35.0 Å². The Hall–Kier alpha value is -1.65. The Kier molecular flexibility index (Phi) is 3.51. The first-order chi connectivity index (χ1) is 10.7. The van der Waals surface area contributed by atoms with Crippen molar-refractivity contribution in [3.05, 3.63) is 46.1 Å². The van der Waals surface area contributed by atoms with Crippen molar-refractivity contribution in [2.45, 2.75) is 26.2 Å². The van der Waals surface area contributed by atoms with E-state index in [1.807, 2.05) is 24.3 Å². The minimum atomic E-state index is 0.652. The molecule has 0 saturated heterocycles. The fourth-order valence-corrected chi connectivity index (χ4v) is 4.40. The first-order valence-corrected chi connectivity index (χ1v) is 8.59. The summed E-state index contributed by atoms with van der Waals surface area (Å²) in [6.45, 7) is 2.31. The number of rotatable bonds is 2. The van der Waals surface area contributed by atoms with Crippen molar-refractivity contribution in [3.63, 3.8) is 0 Å². The first-order valence-electron chi connectivity index (χ1n) is 7.39. The van der Waals surface area contributed by atoms with Crippen molar-refractivity contribution >= 4 is 33.2 Å². The van der Waals surface area contributed by atoms with Crippen LogP contribution >= 0.6 is 22.9 Å². The van der Waals surface area contributed by atoms with Gasteiger partial charge in [0.2, 0.25) is 5.88 Å². The first kappa shape index (κ1) is 14.0. The summed E-state index contributed by atoms with van der Waals surface area (Å²) in [5.41, 5.74) is 1.38. The van der Waals surface area contributed by atoms with Crippen LogP contribution in [0, 0.1) is 5.92 Å². The van der Waals surface area contributed by atoms with Crippen LogP contribution in [0.4, 0.5) is 0 Å². The molecule has 3 nitrogen and oxygen atoms in total. The van der Waals surface area contributed by atoms with Gasteiger partial charge in [-0.2, -0.15) is 0 Å². The quantitative estimate of drug-likeness (QED) is 0.642. The van der Waals surface area contributed by atoms with E-state index in [0.717, 1.165) is 34.7 Å². The minimum absolute atomic E-state index is 0.652. The second-order valence-corrected chi connectivity index (χ2v) is 7.29. The third kappa shape index (κ3) is 2.46. The van der Waals surface area contributed by atoms with Gasteiger partial charge in [-0.25, -0.2) is 9.97 Å². The zero-order chi connectivity index (χ0) is 15.1. The molecule has 3 aromatic rings. The molecule has 0 unspecified atom stereocenters. The van der Waals surface area contributed by atoms with Crippen molar-refractivity contribution in [3.8, 4) is 11.6 Å². The maximum Gasteiger partial charge on any atom is 0.231 e. The van der Waals surface area contributed by atoms with E-state index in [-0.39, 0.29) is 0 Å². The molecule has 0 saturated carbocycles. The molecule has 1 aromatic carbocycles. The van der Waals surface area contributed by atoms with Crippen LogP contribution in [0.3, 0.4) is 0 Å². The second kappa shape index (κ2) is 5.52. The van der Waals surface area contributed by atoms with Crippen molar-refractivity contribution in [2.75, 3.05) is 0 Å². The predicted molar refractivity (Wildman–Crippen MR) is 90.1 cm³/mol. The number of benzene rings is 1. The number of aryl methyl sites for hydroxylation is 1. The highest BCUT2D eigenvalue weighted by atomic mass is 35.5. The van der Waals surface area contributed by atoms with Gasteiger partial charge in [-0.1, -0.05) is 18.5 Å². The van der Waals surface area contributed by atoms with Crippen LogP contribution in [0.1, 0.15) is 23.8 Å². The Morgan fingerprint density at radius 2 is 2.05 bits per heavy atom. The number of ether oxygens (including phenoxy) is 1. The molecule has 112 valence electrons. The molecule has 0 fully saturated rings. The molecule has 22 heavy (non-hydrogen) atoms. The van der Waals surface area contributed by atoms with Gasteiger partial charge in [-0.05, 0) is 55.0 Å². The lowest BCUT2D eigenvalue weighted by atomic mass is 9.89. The summed E-state index contributed by atoms with van der Waals surface area (Å²) < 4.78 is 5.99. The van der Waals surface area contributed by atoms with Crippen molar-refractivity contribution in [1.29, 1.82) is 0 Å². The summed E-state index contributed by atoms with van der Waals surface area (Å²) in [6.07, 6.45) is 5.02. The Balaban J connectivity index is 1.79. The van der Waals surface area contributed by atoms with E-state index in [0.29, 0.717) is 10.9 Å². The van der Waals surface area contributed by atoms with Crippen LogP contribution in [0.15, 0.2) is 30.6 Å².